The Hall–Kier alpha value is -3.84. The molecule has 0 aliphatic carbocycles. The topological polar surface area (TPSA) is 286 Å². The van der Waals surface area contributed by atoms with E-state index in [-0.39, 0.29) is 25.1 Å². The number of phosphoric ester groups is 2. The third kappa shape index (κ3) is 32.3. The largest absolute Gasteiger partial charge is 0.481 e. The third-order valence-electron chi connectivity index (χ3n) is 11.3. The third-order valence-corrected chi connectivity index (χ3v) is 13.9. The lowest BCUT2D eigenvalue weighted by Gasteiger charge is -2.21. The number of aliphatic hydroxyl groups excluding tert-OH is 3. The second-order valence-corrected chi connectivity index (χ2v) is 21.4. The zero-order valence-corrected chi connectivity index (χ0v) is 45.0. The standard InChI is InChI=1S/C52H85N3O16P2/c1-4-5-6-7-8-9-10-11-15-18-21-24-28-33-43(56)34-29-26-31-35-47(57)66-39-44(69-48(58)36-30-25-22-19-16-13-12-14-17-20-23-27-32-42(2)3)40-67-72(62,63)71-73(64,65)68-41-45-49(59)50(60)51(70-45)55-38-37-46(53)54-52(55)61/h5-6,8-9,11,15,21,24,26,28-29,33,37-38,42-45,49-51,56,59-60H,4,7,10,12-14,16-20,22-23,25,27,30-32,34-36,39-41H2,1-3H3,(H,62,63)(H,64,65)(H2,53,54,61)/b6-5-,9-8-,15-11-,24-21-,29-26-,33-28-/t43?,44-,45-,49-,50-,51-/m1/s1. The van der Waals surface area contributed by atoms with Crippen LogP contribution in [-0.2, 0) is 46.3 Å². The average Bonchev–Trinajstić information content (AvgIpc) is 3.61. The number of anilines is 1. The van der Waals surface area contributed by atoms with Crippen molar-refractivity contribution in [3.8, 4) is 0 Å². The molecule has 7 N–H and O–H groups in total. The van der Waals surface area contributed by atoms with E-state index >= 15 is 0 Å². The smallest absolute Gasteiger partial charge is 0.462 e. The van der Waals surface area contributed by atoms with Crippen molar-refractivity contribution in [2.45, 2.75) is 192 Å². The zero-order valence-electron chi connectivity index (χ0n) is 43.2. The minimum Gasteiger partial charge on any atom is -0.462 e. The van der Waals surface area contributed by atoms with Crippen LogP contribution in [0.1, 0.15) is 162 Å². The van der Waals surface area contributed by atoms with Crippen molar-refractivity contribution < 1.29 is 71.4 Å². The summed E-state index contributed by atoms with van der Waals surface area (Å²) in [5.74, 6) is -0.727. The number of hydrogen-bond donors (Lipinski definition) is 6. The molecular formula is C52H85N3O16P2. The highest BCUT2D eigenvalue weighted by atomic mass is 31.3. The molecule has 0 amide bonds. The molecule has 0 aromatic carbocycles. The monoisotopic (exact) mass is 1070 g/mol. The molecule has 0 spiro atoms. The summed E-state index contributed by atoms with van der Waals surface area (Å²) in [6.45, 7) is 4.16. The van der Waals surface area contributed by atoms with Crippen LogP contribution in [0.25, 0.3) is 0 Å². The fourth-order valence-electron chi connectivity index (χ4n) is 7.31. The van der Waals surface area contributed by atoms with E-state index in [0.29, 0.717) is 12.8 Å². The summed E-state index contributed by atoms with van der Waals surface area (Å²) >= 11 is 0. The molecule has 0 radical (unpaired) electrons. The predicted octanol–water partition coefficient (Wildman–Crippen LogP) is 9.72. The second-order valence-electron chi connectivity index (χ2n) is 18.3. The number of aromatic nitrogens is 2. The Balaban J connectivity index is 1.85. The van der Waals surface area contributed by atoms with Gasteiger partial charge < -0.3 is 45.1 Å². The number of unbranched alkanes of at least 4 members (excludes halogenated alkanes) is 11. The fourth-order valence-corrected chi connectivity index (χ4v) is 9.42. The number of carbonyl (C=O) groups is 2. The van der Waals surface area contributed by atoms with Crippen LogP contribution >= 0.6 is 15.6 Å². The van der Waals surface area contributed by atoms with E-state index in [2.05, 4.69) is 66.5 Å². The maximum absolute atomic E-state index is 12.9. The number of esters is 2. The highest BCUT2D eigenvalue weighted by molar-refractivity contribution is 7.61. The summed E-state index contributed by atoms with van der Waals surface area (Å²) in [6, 6.07) is 1.24. The molecule has 2 rings (SSSR count). The van der Waals surface area contributed by atoms with Gasteiger partial charge in [-0.05, 0) is 56.9 Å². The first kappa shape index (κ1) is 65.3. The number of phosphoric acid groups is 2. The summed E-state index contributed by atoms with van der Waals surface area (Å²) in [6.07, 6.45) is 34.5. The van der Waals surface area contributed by atoms with Gasteiger partial charge >= 0.3 is 33.3 Å². The number of carbonyl (C=O) groups excluding carboxylic acids is 2. The molecule has 1 aliphatic heterocycles. The van der Waals surface area contributed by atoms with Gasteiger partial charge in [0.25, 0.3) is 0 Å². The Labute approximate surface area is 432 Å². The van der Waals surface area contributed by atoms with Crippen molar-refractivity contribution in [2.75, 3.05) is 25.6 Å². The molecule has 73 heavy (non-hydrogen) atoms. The molecule has 8 atom stereocenters. The van der Waals surface area contributed by atoms with Crippen LogP contribution in [0.5, 0.6) is 0 Å². The zero-order chi connectivity index (χ0) is 53.7. The van der Waals surface area contributed by atoms with Crippen molar-refractivity contribution in [1.29, 1.82) is 0 Å². The number of nitrogens with zero attached hydrogens (tertiary/aromatic N) is 2. The first-order chi connectivity index (χ1) is 34.9. The second kappa shape index (κ2) is 38.7. The lowest BCUT2D eigenvalue weighted by molar-refractivity contribution is -0.161. The average molecular weight is 1070 g/mol. The van der Waals surface area contributed by atoms with Crippen molar-refractivity contribution >= 4 is 33.4 Å². The Bertz CT molecular complexity index is 2040. The van der Waals surface area contributed by atoms with Crippen molar-refractivity contribution in [2.24, 2.45) is 5.92 Å². The molecule has 414 valence electrons. The number of aliphatic hydroxyl groups is 3. The molecule has 19 nitrogen and oxygen atoms in total. The van der Waals surface area contributed by atoms with Gasteiger partial charge in [0, 0.05) is 19.0 Å². The molecule has 1 saturated heterocycles. The quantitative estimate of drug-likeness (QED) is 0.0117. The van der Waals surface area contributed by atoms with Gasteiger partial charge in [-0.3, -0.25) is 23.2 Å². The first-order valence-electron chi connectivity index (χ1n) is 25.9. The van der Waals surface area contributed by atoms with E-state index in [9.17, 15) is 48.6 Å². The molecule has 1 fully saturated rings. The summed E-state index contributed by atoms with van der Waals surface area (Å²) in [4.78, 5) is 61.9. The fraction of sp³-hybridized carbons (Fsp3) is 0.654. The van der Waals surface area contributed by atoms with Gasteiger partial charge in [-0.15, -0.1) is 0 Å². The van der Waals surface area contributed by atoms with Gasteiger partial charge in [0.1, 0.15) is 30.7 Å². The summed E-state index contributed by atoms with van der Waals surface area (Å²) in [7, 11) is -10.9. The van der Waals surface area contributed by atoms with Gasteiger partial charge in [-0.1, -0.05) is 171 Å². The first-order valence-corrected chi connectivity index (χ1v) is 28.9. The van der Waals surface area contributed by atoms with E-state index in [0.717, 1.165) is 68.0 Å². The van der Waals surface area contributed by atoms with Crippen LogP contribution in [0.4, 0.5) is 5.82 Å². The lowest BCUT2D eigenvalue weighted by Crippen LogP contribution is -2.36. The SMILES string of the molecule is CC/C=C\C/C=C\C/C=C\C/C=C\C=C/C(O)C/C=C\CCC(=O)OC[C@H](COP(=O)(O)OP(=O)(O)OC[C@H]1O[C@@H](n2ccc(N)nc2=O)[C@H](O)[C@@H]1O)OC(=O)CCCCCCCCCCCCCCC(C)C. The highest BCUT2D eigenvalue weighted by Gasteiger charge is 2.46. The maximum Gasteiger partial charge on any atom is 0.481 e. The molecule has 0 saturated carbocycles. The van der Waals surface area contributed by atoms with Crippen molar-refractivity contribution in [3.63, 3.8) is 0 Å². The molecular weight excluding hydrogens is 985 g/mol. The lowest BCUT2D eigenvalue weighted by atomic mass is 10.0. The van der Waals surface area contributed by atoms with E-state index in [1.54, 1.807) is 24.3 Å². The number of nitrogens with two attached hydrogens (primary N) is 1. The Kier molecular flexibility index (Phi) is 34.6. The van der Waals surface area contributed by atoms with Gasteiger partial charge in [0.2, 0.25) is 0 Å². The van der Waals surface area contributed by atoms with Crippen LogP contribution in [0, 0.1) is 5.92 Å². The normalized spacial score (nSPS) is 20.1. The van der Waals surface area contributed by atoms with E-state index in [1.165, 1.54) is 57.4 Å². The van der Waals surface area contributed by atoms with Gasteiger partial charge in [-0.2, -0.15) is 9.29 Å². The Morgan fingerprint density at radius 3 is 1.97 bits per heavy atom. The minimum absolute atomic E-state index is 0.0115. The minimum atomic E-state index is -5.46. The van der Waals surface area contributed by atoms with E-state index in [4.69, 9.17) is 29.0 Å². The summed E-state index contributed by atoms with van der Waals surface area (Å²) in [5.41, 5.74) is 4.57. The number of rotatable bonds is 41. The number of allylic oxidation sites excluding steroid dienone is 10. The van der Waals surface area contributed by atoms with E-state index in [1.807, 2.05) is 12.2 Å². The molecule has 2 heterocycles. The van der Waals surface area contributed by atoms with Crippen LogP contribution in [0.2, 0.25) is 0 Å². The number of hydrogen-bond acceptors (Lipinski definition) is 16. The van der Waals surface area contributed by atoms with Crippen LogP contribution in [0.15, 0.2) is 90.0 Å². The Morgan fingerprint density at radius 1 is 0.767 bits per heavy atom. The van der Waals surface area contributed by atoms with Gasteiger partial charge in [0.15, 0.2) is 12.3 Å². The van der Waals surface area contributed by atoms with Crippen LogP contribution < -0.4 is 11.4 Å². The predicted molar refractivity (Wildman–Crippen MR) is 281 cm³/mol. The number of ether oxygens (including phenoxy) is 3. The Morgan fingerprint density at radius 2 is 1.36 bits per heavy atom. The van der Waals surface area contributed by atoms with Crippen LogP contribution in [0.3, 0.4) is 0 Å². The van der Waals surface area contributed by atoms with Gasteiger partial charge in [0.05, 0.1) is 19.3 Å². The molecule has 0 bridgehead atoms. The molecule has 21 heteroatoms. The van der Waals surface area contributed by atoms with Crippen molar-refractivity contribution in [3.05, 3.63) is 95.7 Å². The van der Waals surface area contributed by atoms with Gasteiger partial charge in [-0.25, -0.2) is 13.9 Å². The number of nitrogen functional groups attached to an aromatic ring is 1. The molecule has 1 aromatic rings. The van der Waals surface area contributed by atoms with Crippen molar-refractivity contribution in [1.82, 2.24) is 9.55 Å². The highest BCUT2D eigenvalue weighted by Crippen LogP contribution is 2.60. The molecule has 1 aliphatic rings. The molecule has 1 aromatic heterocycles. The van der Waals surface area contributed by atoms with E-state index < -0.39 is 89.8 Å². The molecule has 3 unspecified atom stereocenters. The summed E-state index contributed by atoms with van der Waals surface area (Å²) < 4.78 is 56.7. The summed E-state index contributed by atoms with van der Waals surface area (Å²) in [5, 5.41) is 31.2. The van der Waals surface area contributed by atoms with Crippen LogP contribution in [-0.4, -0.2) is 96.9 Å². The maximum atomic E-state index is 12.9.